The molecule has 0 aliphatic heterocycles. The minimum Gasteiger partial charge on any atom is -0.493 e. The summed E-state index contributed by atoms with van der Waals surface area (Å²) in [7, 11) is 0. The number of aromatic nitrogens is 2. The van der Waals surface area contributed by atoms with Crippen LogP contribution in [0.3, 0.4) is 0 Å². The van der Waals surface area contributed by atoms with Crippen LogP contribution in [0.5, 0.6) is 5.75 Å². The van der Waals surface area contributed by atoms with Crippen LogP contribution < -0.4 is 4.74 Å². The minimum absolute atomic E-state index is 0.158. The predicted molar refractivity (Wildman–Crippen MR) is 58.0 cm³/mol. The third-order valence-corrected chi connectivity index (χ3v) is 2.14. The molecule has 4 nitrogen and oxygen atoms in total. The molecule has 2 rings (SSSR count). The molecule has 0 amide bonds. The lowest BCUT2D eigenvalue weighted by Crippen LogP contribution is -1.99. The van der Waals surface area contributed by atoms with Gasteiger partial charge in [-0.15, -0.1) is 0 Å². The quantitative estimate of drug-likeness (QED) is 0.747. The van der Waals surface area contributed by atoms with E-state index in [4.69, 9.17) is 9.84 Å². The summed E-state index contributed by atoms with van der Waals surface area (Å²) in [5.74, 6) is 1.71. The lowest BCUT2D eigenvalue weighted by atomic mass is 10.3. The molecule has 1 aromatic heterocycles. The SMILES string of the molecule is Cc1nc2ccc(OCCCO)cc2[nH]1. The molecule has 4 heteroatoms. The van der Waals surface area contributed by atoms with Gasteiger partial charge in [-0.05, 0) is 19.1 Å². The summed E-state index contributed by atoms with van der Waals surface area (Å²) < 4.78 is 5.46. The Morgan fingerprint density at radius 2 is 2.33 bits per heavy atom. The third-order valence-electron chi connectivity index (χ3n) is 2.14. The van der Waals surface area contributed by atoms with Gasteiger partial charge >= 0.3 is 0 Å². The zero-order valence-electron chi connectivity index (χ0n) is 8.66. The van der Waals surface area contributed by atoms with Gasteiger partial charge in [0.15, 0.2) is 0 Å². The van der Waals surface area contributed by atoms with Crippen molar-refractivity contribution in [3.8, 4) is 5.75 Å². The molecule has 0 bridgehead atoms. The highest BCUT2D eigenvalue weighted by atomic mass is 16.5. The Balaban J connectivity index is 2.15. The zero-order chi connectivity index (χ0) is 10.7. The summed E-state index contributed by atoms with van der Waals surface area (Å²) in [6, 6.07) is 5.74. The minimum atomic E-state index is 0.158. The second-order valence-corrected chi connectivity index (χ2v) is 3.43. The number of aryl methyl sites for hydroxylation is 1. The van der Waals surface area contributed by atoms with Gasteiger partial charge in [0.1, 0.15) is 11.6 Å². The van der Waals surface area contributed by atoms with Crippen LogP contribution in [0.1, 0.15) is 12.2 Å². The lowest BCUT2D eigenvalue weighted by molar-refractivity contribution is 0.233. The van der Waals surface area contributed by atoms with E-state index in [1.165, 1.54) is 0 Å². The molecular weight excluding hydrogens is 192 g/mol. The number of hydrogen-bond acceptors (Lipinski definition) is 3. The summed E-state index contributed by atoms with van der Waals surface area (Å²) in [5.41, 5.74) is 1.93. The fraction of sp³-hybridized carbons (Fsp3) is 0.364. The first-order valence-electron chi connectivity index (χ1n) is 4.99. The van der Waals surface area contributed by atoms with Gasteiger partial charge in [-0.2, -0.15) is 0 Å². The first-order chi connectivity index (χ1) is 7.29. The molecule has 0 saturated carbocycles. The zero-order valence-corrected chi connectivity index (χ0v) is 8.66. The van der Waals surface area contributed by atoms with Gasteiger partial charge in [-0.3, -0.25) is 0 Å². The Labute approximate surface area is 87.9 Å². The summed E-state index contributed by atoms with van der Waals surface area (Å²) in [6.45, 7) is 2.62. The van der Waals surface area contributed by atoms with Crippen molar-refractivity contribution < 1.29 is 9.84 Å². The van der Waals surface area contributed by atoms with E-state index >= 15 is 0 Å². The van der Waals surface area contributed by atoms with Crippen LogP contribution in [0.4, 0.5) is 0 Å². The number of ether oxygens (including phenoxy) is 1. The molecule has 0 spiro atoms. The van der Waals surface area contributed by atoms with Gasteiger partial charge in [-0.25, -0.2) is 4.98 Å². The van der Waals surface area contributed by atoms with Crippen LogP contribution in [0.25, 0.3) is 11.0 Å². The highest BCUT2D eigenvalue weighted by Gasteiger charge is 2.00. The average molecular weight is 206 g/mol. The van der Waals surface area contributed by atoms with Gasteiger partial charge in [0, 0.05) is 19.1 Å². The smallest absolute Gasteiger partial charge is 0.121 e. The van der Waals surface area contributed by atoms with Gasteiger partial charge < -0.3 is 14.8 Å². The van der Waals surface area contributed by atoms with Gasteiger partial charge in [-0.1, -0.05) is 0 Å². The number of benzene rings is 1. The molecule has 0 unspecified atom stereocenters. The van der Waals surface area contributed by atoms with Crippen molar-refractivity contribution >= 4 is 11.0 Å². The monoisotopic (exact) mass is 206 g/mol. The van der Waals surface area contributed by atoms with Crippen LogP contribution in [-0.4, -0.2) is 28.3 Å². The second kappa shape index (κ2) is 4.31. The molecule has 80 valence electrons. The maximum Gasteiger partial charge on any atom is 0.121 e. The maximum atomic E-state index is 8.62. The topological polar surface area (TPSA) is 58.1 Å². The Bertz CT molecular complexity index is 451. The Kier molecular flexibility index (Phi) is 2.87. The highest BCUT2D eigenvalue weighted by molar-refractivity contribution is 5.76. The van der Waals surface area contributed by atoms with E-state index in [0.717, 1.165) is 22.6 Å². The van der Waals surface area contributed by atoms with Crippen LogP contribution >= 0.6 is 0 Å². The fourth-order valence-electron chi connectivity index (χ4n) is 1.46. The van der Waals surface area contributed by atoms with Crippen molar-refractivity contribution in [2.75, 3.05) is 13.2 Å². The number of rotatable bonds is 4. The number of aromatic amines is 1. The van der Waals surface area contributed by atoms with E-state index in [0.29, 0.717) is 13.0 Å². The van der Waals surface area contributed by atoms with E-state index in [2.05, 4.69) is 9.97 Å². The Morgan fingerprint density at radius 1 is 1.47 bits per heavy atom. The van der Waals surface area contributed by atoms with Gasteiger partial charge in [0.25, 0.3) is 0 Å². The van der Waals surface area contributed by atoms with Crippen molar-refractivity contribution in [2.24, 2.45) is 0 Å². The maximum absolute atomic E-state index is 8.62. The highest BCUT2D eigenvalue weighted by Crippen LogP contribution is 2.18. The molecule has 0 fully saturated rings. The first-order valence-corrected chi connectivity index (χ1v) is 4.99. The number of aliphatic hydroxyl groups is 1. The van der Waals surface area contributed by atoms with E-state index in [1.54, 1.807) is 0 Å². The summed E-state index contributed by atoms with van der Waals surface area (Å²) in [5, 5.41) is 8.62. The summed E-state index contributed by atoms with van der Waals surface area (Å²) in [6.07, 6.45) is 0.653. The molecule has 0 aliphatic carbocycles. The number of aliphatic hydroxyl groups excluding tert-OH is 1. The second-order valence-electron chi connectivity index (χ2n) is 3.43. The number of nitrogens with one attached hydrogen (secondary N) is 1. The molecule has 0 atom stereocenters. The van der Waals surface area contributed by atoms with E-state index in [9.17, 15) is 0 Å². The average Bonchev–Trinajstić information content (AvgIpc) is 2.57. The van der Waals surface area contributed by atoms with Crippen molar-refractivity contribution in [1.82, 2.24) is 9.97 Å². The van der Waals surface area contributed by atoms with Crippen LogP contribution in [0.2, 0.25) is 0 Å². The summed E-state index contributed by atoms with van der Waals surface area (Å²) in [4.78, 5) is 7.45. The van der Waals surface area contributed by atoms with Crippen LogP contribution in [-0.2, 0) is 0 Å². The van der Waals surface area contributed by atoms with Gasteiger partial charge in [0.2, 0.25) is 0 Å². The van der Waals surface area contributed by atoms with E-state index < -0.39 is 0 Å². The first kappa shape index (κ1) is 9.98. The molecule has 0 radical (unpaired) electrons. The number of imidazole rings is 1. The normalized spacial score (nSPS) is 10.8. The fourth-order valence-corrected chi connectivity index (χ4v) is 1.46. The van der Waals surface area contributed by atoms with Crippen molar-refractivity contribution in [2.45, 2.75) is 13.3 Å². The van der Waals surface area contributed by atoms with Crippen molar-refractivity contribution in [3.05, 3.63) is 24.0 Å². The molecule has 2 aromatic rings. The van der Waals surface area contributed by atoms with E-state index in [1.807, 2.05) is 25.1 Å². The third kappa shape index (κ3) is 2.27. The standard InChI is InChI=1S/C11H14N2O2/c1-8-12-10-4-3-9(7-11(10)13-8)15-6-2-5-14/h3-4,7,14H,2,5-6H2,1H3,(H,12,13). The molecule has 1 heterocycles. The molecule has 0 aliphatic rings. The molecule has 15 heavy (non-hydrogen) atoms. The molecular formula is C11H14N2O2. The van der Waals surface area contributed by atoms with Gasteiger partial charge in [0.05, 0.1) is 17.6 Å². The van der Waals surface area contributed by atoms with Crippen molar-refractivity contribution in [1.29, 1.82) is 0 Å². The molecule has 1 aromatic carbocycles. The van der Waals surface area contributed by atoms with Crippen molar-refractivity contribution in [3.63, 3.8) is 0 Å². The lowest BCUT2D eigenvalue weighted by Gasteiger charge is -2.03. The van der Waals surface area contributed by atoms with Crippen LogP contribution in [0, 0.1) is 6.92 Å². The number of H-pyrrole nitrogens is 1. The predicted octanol–water partition coefficient (Wildman–Crippen LogP) is 1.63. The Hall–Kier alpha value is -1.55. The molecule has 2 N–H and O–H groups in total. The largest absolute Gasteiger partial charge is 0.493 e. The van der Waals surface area contributed by atoms with E-state index in [-0.39, 0.29) is 6.61 Å². The van der Waals surface area contributed by atoms with Crippen LogP contribution in [0.15, 0.2) is 18.2 Å². The molecule has 0 saturated heterocycles. The Morgan fingerprint density at radius 3 is 3.13 bits per heavy atom. The summed E-state index contributed by atoms with van der Waals surface area (Å²) >= 11 is 0. The number of fused-ring (bicyclic) bond motifs is 1. The number of nitrogens with zero attached hydrogens (tertiary/aromatic N) is 1. The number of hydrogen-bond donors (Lipinski definition) is 2.